The maximum absolute atomic E-state index is 12.2. The molecule has 0 spiro atoms. The maximum atomic E-state index is 12.2. The zero-order valence-electron chi connectivity index (χ0n) is 15.8. The number of rotatable bonds is 7. The summed E-state index contributed by atoms with van der Waals surface area (Å²) in [4.78, 5) is 12.4. The molecule has 0 aliphatic heterocycles. The van der Waals surface area contributed by atoms with Crippen LogP contribution in [0.1, 0.15) is 18.9 Å². The van der Waals surface area contributed by atoms with Crippen molar-refractivity contribution in [1.29, 1.82) is 0 Å². The largest absolute Gasteiger partial charge is 0.347 e. The van der Waals surface area contributed by atoms with E-state index in [9.17, 15) is 13.2 Å². The molecule has 0 saturated heterocycles. The minimum atomic E-state index is -3.46. The summed E-state index contributed by atoms with van der Waals surface area (Å²) in [6.45, 7) is 3.10. The molecule has 0 saturated carbocycles. The summed E-state index contributed by atoms with van der Waals surface area (Å²) < 4.78 is 27.9. The van der Waals surface area contributed by atoms with Crippen LogP contribution in [0.15, 0.2) is 65.7 Å². The zero-order chi connectivity index (χ0) is 20.1. The summed E-state index contributed by atoms with van der Waals surface area (Å²) >= 11 is 0. The first-order valence-electron chi connectivity index (χ1n) is 9.04. The van der Waals surface area contributed by atoms with Crippen LogP contribution in [-0.2, 0) is 21.4 Å². The quantitative estimate of drug-likeness (QED) is 0.598. The number of carbonyl (C=O) groups is 1. The van der Waals surface area contributed by atoms with Gasteiger partial charge in [-0.05, 0) is 61.5 Å². The van der Waals surface area contributed by atoms with Gasteiger partial charge in [0.1, 0.15) is 0 Å². The summed E-state index contributed by atoms with van der Waals surface area (Å²) in [5.41, 5.74) is 2.61. The number of nitrogens with one attached hydrogen (secondary N) is 2. The first-order chi connectivity index (χ1) is 13.4. The number of hydrogen-bond donors (Lipinski definition) is 2. The average molecular weight is 398 g/mol. The third kappa shape index (κ3) is 4.49. The van der Waals surface area contributed by atoms with Gasteiger partial charge in [0, 0.05) is 35.4 Å². The van der Waals surface area contributed by atoms with Crippen LogP contribution in [-0.4, -0.2) is 25.9 Å². The van der Waals surface area contributed by atoms with Crippen LogP contribution in [0.25, 0.3) is 17.0 Å². The van der Waals surface area contributed by atoms with Crippen LogP contribution in [0, 0.1) is 0 Å². The molecule has 0 fully saturated rings. The molecule has 0 unspecified atom stereocenters. The van der Waals surface area contributed by atoms with Crippen LogP contribution < -0.4 is 10.0 Å². The van der Waals surface area contributed by atoms with Gasteiger partial charge in [-0.15, -0.1) is 0 Å². The highest BCUT2D eigenvalue weighted by molar-refractivity contribution is 7.89. The number of amides is 1. The number of aryl methyl sites for hydroxylation is 1. The number of benzene rings is 2. The van der Waals surface area contributed by atoms with E-state index in [1.807, 2.05) is 24.3 Å². The van der Waals surface area contributed by atoms with Gasteiger partial charge in [0.05, 0.1) is 4.90 Å². The van der Waals surface area contributed by atoms with Gasteiger partial charge in [0.2, 0.25) is 15.9 Å². The molecule has 28 heavy (non-hydrogen) atoms. The molecule has 1 aromatic heterocycles. The highest BCUT2D eigenvalue weighted by atomic mass is 32.2. The van der Waals surface area contributed by atoms with Gasteiger partial charge < -0.3 is 9.88 Å². The predicted octanol–water partition coefficient (Wildman–Crippen LogP) is 3.61. The van der Waals surface area contributed by atoms with Gasteiger partial charge in [0.25, 0.3) is 0 Å². The topological polar surface area (TPSA) is 80.2 Å². The Bertz CT molecular complexity index is 1110. The molecule has 1 heterocycles. The molecule has 0 aliphatic rings. The number of fused-ring (bicyclic) bond motifs is 1. The second kappa shape index (κ2) is 8.41. The third-order valence-corrected chi connectivity index (χ3v) is 5.82. The second-order valence-electron chi connectivity index (χ2n) is 6.38. The smallest absolute Gasteiger partial charge is 0.248 e. The van der Waals surface area contributed by atoms with Crippen molar-refractivity contribution in [2.45, 2.75) is 24.8 Å². The Morgan fingerprint density at radius 3 is 2.54 bits per heavy atom. The Balaban J connectivity index is 1.67. The number of sulfonamides is 1. The predicted molar refractivity (Wildman–Crippen MR) is 113 cm³/mol. The number of anilines is 1. The van der Waals surface area contributed by atoms with Crippen LogP contribution in [0.2, 0.25) is 0 Å². The number of carbonyl (C=O) groups excluding carboxylic acids is 1. The Labute approximate surface area is 164 Å². The van der Waals surface area contributed by atoms with Crippen molar-refractivity contribution >= 4 is 38.6 Å². The van der Waals surface area contributed by atoms with E-state index in [0.717, 1.165) is 35.1 Å². The molecule has 146 valence electrons. The van der Waals surface area contributed by atoms with E-state index in [4.69, 9.17) is 0 Å². The molecule has 3 rings (SSSR count). The molecule has 3 aromatic rings. The van der Waals surface area contributed by atoms with E-state index < -0.39 is 10.0 Å². The molecule has 2 aromatic carbocycles. The summed E-state index contributed by atoms with van der Waals surface area (Å²) in [5, 5.41) is 3.93. The first-order valence-corrected chi connectivity index (χ1v) is 10.5. The van der Waals surface area contributed by atoms with E-state index in [-0.39, 0.29) is 10.8 Å². The summed E-state index contributed by atoms with van der Waals surface area (Å²) in [5.74, 6) is -0.251. The molecule has 0 radical (unpaired) electrons. The van der Waals surface area contributed by atoms with Crippen molar-refractivity contribution < 1.29 is 13.2 Å². The fourth-order valence-electron chi connectivity index (χ4n) is 2.95. The molecule has 2 N–H and O–H groups in total. The van der Waals surface area contributed by atoms with Crippen LogP contribution in [0.3, 0.4) is 0 Å². The highest BCUT2D eigenvalue weighted by Crippen LogP contribution is 2.21. The lowest BCUT2D eigenvalue weighted by Gasteiger charge is -2.05. The highest BCUT2D eigenvalue weighted by Gasteiger charge is 2.10. The van der Waals surface area contributed by atoms with Gasteiger partial charge in [0.15, 0.2) is 0 Å². The third-order valence-electron chi connectivity index (χ3n) is 4.39. The van der Waals surface area contributed by atoms with Gasteiger partial charge in [-0.3, -0.25) is 4.79 Å². The SMILES string of the molecule is CCCn1ccc2cc(NC(=O)C=Cc3ccc(S(=O)(=O)NC)cc3)ccc21. The minimum absolute atomic E-state index is 0.180. The minimum Gasteiger partial charge on any atom is -0.347 e. The number of aromatic nitrogens is 1. The van der Waals surface area contributed by atoms with Crippen LogP contribution in [0.5, 0.6) is 0 Å². The Hall–Kier alpha value is -2.90. The fraction of sp³-hybridized carbons (Fsp3) is 0.190. The average Bonchev–Trinajstić information content (AvgIpc) is 3.09. The molecule has 0 aliphatic carbocycles. The van der Waals surface area contributed by atoms with Crippen molar-refractivity contribution in [3.05, 3.63) is 66.4 Å². The molecule has 7 heteroatoms. The van der Waals surface area contributed by atoms with Crippen LogP contribution >= 0.6 is 0 Å². The molecule has 0 atom stereocenters. The van der Waals surface area contributed by atoms with E-state index >= 15 is 0 Å². The maximum Gasteiger partial charge on any atom is 0.248 e. The zero-order valence-corrected chi connectivity index (χ0v) is 16.7. The molecular formula is C21H23N3O3S. The summed E-state index contributed by atoms with van der Waals surface area (Å²) in [7, 11) is -2.10. The van der Waals surface area contributed by atoms with Gasteiger partial charge in [-0.1, -0.05) is 19.1 Å². The Morgan fingerprint density at radius 2 is 1.86 bits per heavy atom. The van der Waals surface area contributed by atoms with E-state index in [1.54, 1.807) is 18.2 Å². The van der Waals surface area contributed by atoms with E-state index in [1.165, 1.54) is 25.3 Å². The summed E-state index contributed by atoms with van der Waals surface area (Å²) in [6.07, 6.45) is 6.18. The molecule has 6 nitrogen and oxygen atoms in total. The molecule has 0 bridgehead atoms. The van der Waals surface area contributed by atoms with Crippen molar-refractivity contribution in [3.63, 3.8) is 0 Å². The lowest BCUT2D eigenvalue weighted by molar-refractivity contribution is -0.111. The lowest BCUT2D eigenvalue weighted by atomic mass is 10.2. The normalized spacial score (nSPS) is 11.9. The van der Waals surface area contributed by atoms with Crippen molar-refractivity contribution in [1.82, 2.24) is 9.29 Å². The van der Waals surface area contributed by atoms with E-state index in [0.29, 0.717) is 0 Å². The van der Waals surface area contributed by atoms with Crippen molar-refractivity contribution in [3.8, 4) is 0 Å². The van der Waals surface area contributed by atoms with Gasteiger partial charge in [-0.2, -0.15) is 0 Å². The van der Waals surface area contributed by atoms with Crippen molar-refractivity contribution in [2.75, 3.05) is 12.4 Å². The number of nitrogens with zero attached hydrogens (tertiary/aromatic N) is 1. The molecule has 1 amide bonds. The Morgan fingerprint density at radius 1 is 1.11 bits per heavy atom. The van der Waals surface area contributed by atoms with Crippen LogP contribution in [0.4, 0.5) is 5.69 Å². The fourth-order valence-corrected chi connectivity index (χ4v) is 3.68. The Kier molecular flexibility index (Phi) is 5.96. The lowest BCUT2D eigenvalue weighted by Crippen LogP contribution is -2.18. The number of hydrogen-bond acceptors (Lipinski definition) is 3. The van der Waals surface area contributed by atoms with Crippen molar-refractivity contribution in [2.24, 2.45) is 0 Å². The monoisotopic (exact) mass is 397 g/mol. The summed E-state index contributed by atoms with van der Waals surface area (Å²) in [6, 6.07) is 14.2. The second-order valence-corrected chi connectivity index (χ2v) is 8.27. The first kappa shape index (κ1) is 19.9. The van der Waals surface area contributed by atoms with E-state index in [2.05, 4.69) is 27.7 Å². The molecular weight excluding hydrogens is 374 g/mol. The standard InChI is InChI=1S/C21H23N3O3S/c1-3-13-24-14-12-17-15-18(7-10-20(17)24)23-21(25)11-6-16-4-8-19(9-5-16)28(26,27)22-2/h4-12,14-15,22H,3,13H2,1-2H3,(H,23,25). The van der Waals surface area contributed by atoms with Gasteiger partial charge >= 0.3 is 0 Å². The van der Waals surface area contributed by atoms with Gasteiger partial charge in [-0.25, -0.2) is 13.1 Å².